The molecule has 3 aromatic heterocycles. The van der Waals surface area contributed by atoms with Gasteiger partial charge in [0.15, 0.2) is 5.82 Å². The molecule has 2 aromatic carbocycles. The highest BCUT2D eigenvalue weighted by molar-refractivity contribution is 5.91. The summed E-state index contributed by atoms with van der Waals surface area (Å²) in [5.74, 6) is 0.941. The number of morpholine rings is 1. The van der Waals surface area contributed by atoms with Crippen molar-refractivity contribution in [1.82, 2.24) is 34.6 Å². The number of nitrogens with zero attached hydrogens (tertiary/aromatic N) is 7. The molecule has 1 aliphatic heterocycles. The standard InChI is InChI=1S/C31H32F2N8O2/c1-4-43-22-15-25(32)24(26(33)16-22)18-41-27-8-6-5-7-23(27)30(39-41)31-36-21(17-40-9-11-42-12-10-40)14-29(38-31)37-28-13-19(2)34-20(3)35-28/h5-8,13-16H,4,9-12,17-18H2,1-3H3,(H,34,35,36,37,38). The topological polar surface area (TPSA) is 103 Å². The Balaban J connectivity index is 1.42. The Morgan fingerprint density at radius 1 is 0.907 bits per heavy atom. The fourth-order valence-corrected chi connectivity index (χ4v) is 5.19. The molecule has 0 atom stereocenters. The number of benzene rings is 2. The number of rotatable bonds is 9. The van der Waals surface area contributed by atoms with Crippen LogP contribution >= 0.6 is 0 Å². The van der Waals surface area contributed by atoms with Gasteiger partial charge in [0, 0.05) is 60.5 Å². The smallest absolute Gasteiger partial charge is 0.183 e. The lowest BCUT2D eigenvalue weighted by molar-refractivity contribution is 0.0336. The summed E-state index contributed by atoms with van der Waals surface area (Å²) < 4.78 is 42.4. The van der Waals surface area contributed by atoms with E-state index in [1.807, 2.05) is 50.2 Å². The van der Waals surface area contributed by atoms with E-state index in [9.17, 15) is 0 Å². The minimum absolute atomic E-state index is 0.109. The van der Waals surface area contributed by atoms with Crippen LogP contribution in [0.15, 0.2) is 48.5 Å². The summed E-state index contributed by atoms with van der Waals surface area (Å²) in [4.78, 5) is 20.9. The van der Waals surface area contributed by atoms with Crippen molar-refractivity contribution in [2.24, 2.45) is 0 Å². The number of anilines is 2. The molecule has 5 aromatic rings. The molecule has 1 aliphatic rings. The lowest BCUT2D eigenvalue weighted by atomic mass is 10.1. The maximum atomic E-state index is 15.0. The van der Waals surface area contributed by atoms with Crippen molar-refractivity contribution in [3.63, 3.8) is 0 Å². The molecular formula is C31H32F2N8O2. The normalized spacial score (nSPS) is 13.9. The highest BCUT2D eigenvalue weighted by Gasteiger charge is 2.21. The molecule has 10 nitrogen and oxygen atoms in total. The second kappa shape index (κ2) is 12.4. The molecule has 0 radical (unpaired) electrons. The van der Waals surface area contributed by atoms with E-state index in [0.717, 1.165) is 29.9 Å². The van der Waals surface area contributed by atoms with Crippen molar-refractivity contribution in [3.05, 3.63) is 82.9 Å². The Morgan fingerprint density at radius 3 is 2.40 bits per heavy atom. The van der Waals surface area contributed by atoms with Crippen LogP contribution in [0.3, 0.4) is 0 Å². The first-order valence-corrected chi connectivity index (χ1v) is 14.2. The molecule has 222 valence electrons. The minimum atomic E-state index is -0.699. The van der Waals surface area contributed by atoms with Crippen LogP contribution in [-0.2, 0) is 17.8 Å². The van der Waals surface area contributed by atoms with Gasteiger partial charge in [-0.1, -0.05) is 18.2 Å². The monoisotopic (exact) mass is 586 g/mol. The minimum Gasteiger partial charge on any atom is -0.494 e. The molecule has 1 saturated heterocycles. The Morgan fingerprint density at radius 2 is 1.65 bits per heavy atom. The van der Waals surface area contributed by atoms with Crippen molar-refractivity contribution in [2.75, 3.05) is 38.2 Å². The molecule has 0 bridgehead atoms. The van der Waals surface area contributed by atoms with Gasteiger partial charge in [-0.25, -0.2) is 28.7 Å². The summed E-state index contributed by atoms with van der Waals surface area (Å²) in [6.07, 6.45) is 0. The van der Waals surface area contributed by atoms with Crippen molar-refractivity contribution in [1.29, 1.82) is 0 Å². The summed E-state index contributed by atoms with van der Waals surface area (Å²) >= 11 is 0. The molecule has 1 N–H and O–H groups in total. The van der Waals surface area contributed by atoms with Gasteiger partial charge < -0.3 is 14.8 Å². The summed E-state index contributed by atoms with van der Waals surface area (Å²) in [5.41, 5.74) is 2.71. The average molecular weight is 587 g/mol. The Labute approximate surface area is 247 Å². The molecular weight excluding hydrogens is 554 g/mol. The van der Waals surface area contributed by atoms with Gasteiger partial charge in [0.2, 0.25) is 0 Å². The fraction of sp³-hybridized carbons (Fsp3) is 0.323. The number of aryl methyl sites for hydroxylation is 2. The molecule has 0 unspecified atom stereocenters. The summed E-state index contributed by atoms with van der Waals surface area (Å²) in [5, 5.41) is 8.87. The molecule has 43 heavy (non-hydrogen) atoms. The molecule has 0 aliphatic carbocycles. The highest BCUT2D eigenvalue weighted by atomic mass is 19.1. The van der Waals surface area contributed by atoms with Crippen LogP contribution in [0.4, 0.5) is 20.4 Å². The molecule has 1 fully saturated rings. The summed E-state index contributed by atoms with van der Waals surface area (Å²) in [7, 11) is 0. The van der Waals surface area contributed by atoms with Crippen LogP contribution in [0.25, 0.3) is 22.4 Å². The van der Waals surface area contributed by atoms with E-state index >= 15 is 8.78 Å². The van der Waals surface area contributed by atoms with Crippen LogP contribution < -0.4 is 10.1 Å². The molecule has 6 rings (SSSR count). The first kappa shape index (κ1) is 28.6. The average Bonchev–Trinajstić information content (AvgIpc) is 3.33. The van der Waals surface area contributed by atoms with E-state index in [1.165, 1.54) is 12.1 Å². The van der Waals surface area contributed by atoms with Crippen LogP contribution in [-0.4, -0.2) is 67.5 Å². The van der Waals surface area contributed by atoms with Gasteiger partial charge in [0.05, 0.1) is 37.6 Å². The second-order valence-electron chi connectivity index (χ2n) is 10.3. The molecule has 0 spiro atoms. The zero-order valence-electron chi connectivity index (χ0n) is 24.3. The zero-order valence-corrected chi connectivity index (χ0v) is 24.3. The van der Waals surface area contributed by atoms with Gasteiger partial charge in [0.1, 0.15) is 40.5 Å². The van der Waals surface area contributed by atoms with Crippen molar-refractivity contribution < 1.29 is 18.3 Å². The maximum absolute atomic E-state index is 15.0. The van der Waals surface area contributed by atoms with E-state index < -0.39 is 11.6 Å². The first-order chi connectivity index (χ1) is 20.9. The van der Waals surface area contributed by atoms with Crippen LogP contribution in [0, 0.1) is 25.5 Å². The van der Waals surface area contributed by atoms with E-state index in [1.54, 1.807) is 11.6 Å². The van der Waals surface area contributed by atoms with E-state index in [4.69, 9.17) is 24.5 Å². The van der Waals surface area contributed by atoms with Gasteiger partial charge in [-0.15, -0.1) is 0 Å². The van der Waals surface area contributed by atoms with E-state index in [2.05, 4.69) is 20.2 Å². The third-order valence-corrected chi connectivity index (χ3v) is 7.09. The fourth-order valence-electron chi connectivity index (χ4n) is 5.19. The van der Waals surface area contributed by atoms with Gasteiger partial charge in [0.25, 0.3) is 0 Å². The van der Waals surface area contributed by atoms with E-state index in [-0.39, 0.29) is 17.9 Å². The highest BCUT2D eigenvalue weighted by Crippen LogP contribution is 2.30. The quantitative estimate of drug-likeness (QED) is 0.250. The lowest BCUT2D eigenvalue weighted by Gasteiger charge is -2.26. The number of para-hydroxylation sites is 1. The third-order valence-electron chi connectivity index (χ3n) is 7.09. The Hall–Kier alpha value is -4.55. The van der Waals surface area contributed by atoms with Crippen LogP contribution in [0.5, 0.6) is 5.75 Å². The number of nitrogens with one attached hydrogen (secondary N) is 1. The molecule has 0 saturated carbocycles. The van der Waals surface area contributed by atoms with Gasteiger partial charge in [-0.05, 0) is 26.8 Å². The predicted molar refractivity (Wildman–Crippen MR) is 158 cm³/mol. The van der Waals surface area contributed by atoms with Gasteiger partial charge in [-0.3, -0.25) is 9.58 Å². The van der Waals surface area contributed by atoms with E-state index in [0.29, 0.717) is 60.9 Å². The molecule has 0 amide bonds. The van der Waals surface area contributed by atoms with Crippen molar-refractivity contribution >= 4 is 22.5 Å². The Bertz CT molecular complexity index is 1730. The molecule has 12 heteroatoms. The lowest BCUT2D eigenvalue weighted by Crippen LogP contribution is -2.35. The Kier molecular flexibility index (Phi) is 8.21. The third kappa shape index (κ3) is 6.45. The number of hydrogen-bond donors (Lipinski definition) is 1. The second-order valence-corrected chi connectivity index (χ2v) is 10.3. The molecule has 4 heterocycles. The predicted octanol–water partition coefficient (Wildman–Crippen LogP) is 5.20. The number of ether oxygens (including phenoxy) is 2. The van der Waals surface area contributed by atoms with Gasteiger partial charge >= 0.3 is 0 Å². The first-order valence-electron chi connectivity index (χ1n) is 14.2. The summed E-state index contributed by atoms with van der Waals surface area (Å²) in [6, 6.07) is 13.6. The number of hydrogen-bond acceptors (Lipinski definition) is 9. The van der Waals surface area contributed by atoms with Crippen LogP contribution in [0.1, 0.15) is 29.7 Å². The summed E-state index contributed by atoms with van der Waals surface area (Å²) in [6.45, 7) is 9.20. The largest absolute Gasteiger partial charge is 0.494 e. The number of aromatic nitrogens is 6. The van der Waals surface area contributed by atoms with Crippen molar-refractivity contribution in [3.8, 4) is 17.3 Å². The zero-order chi connectivity index (χ0) is 29.9. The number of fused-ring (bicyclic) bond motifs is 1. The number of halogens is 2. The van der Waals surface area contributed by atoms with Crippen LogP contribution in [0.2, 0.25) is 0 Å². The van der Waals surface area contributed by atoms with Crippen molar-refractivity contribution in [2.45, 2.75) is 33.9 Å². The maximum Gasteiger partial charge on any atom is 0.183 e. The van der Waals surface area contributed by atoms with Gasteiger partial charge in [-0.2, -0.15) is 5.10 Å². The SMILES string of the molecule is CCOc1cc(F)c(Cn2nc(-c3nc(CN4CCOCC4)cc(Nc4cc(C)nc(C)n4)n3)c3ccccc32)c(F)c1.